The Labute approximate surface area is 59.9 Å². The minimum atomic E-state index is -4.28. The van der Waals surface area contributed by atoms with Gasteiger partial charge in [-0.2, -0.15) is 8.42 Å². The second-order valence-corrected chi connectivity index (χ2v) is 2.54. The van der Waals surface area contributed by atoms with Gasteiger partial charge >= 0.3 is 10.4 Å². The summed E-state index contributed by atoms with van der Waals surface area (Å²) in [6, 6.07) is 0. The van der Waals surface area contributed by atoms with Crippen molar-refractivity contribution >= 4 is 10.4 Å². The molecule has 0 saturated carbocycles. The number of rotatable bonds is 5. The van der Waals surface area contributed by atoms with Crippen molar-refractivity contribution in [3.8, 4) is 0 Å². The summed E-state index contributed by atoms with van der Waals surface area (Å²) in [6.07, 6.45) is 0. The summed E-state index contributed by atoms with van der Waals surface area (Å²) >= 11 is 0. The van der Waals surface area contributed by atoms with Crippen LogP contribution in [0, 0.1) is 0 Å². The first-order chi connectivity index (χ1) is 4.56. The molecule has 6 heteroatoms. The third kappa shape index (κ3) is 7.83. The molecule has 0 rings (SSSR count). The Kier molecular flexibility index (Phi) is 4.54. The molecular formula is C4H10O5S. The molecule has 62 valence electrons. The average Bonchev–Trinajstić information content (AvgIpc) is 1.78. The summed E-state index contributed by atoms with van der Waals surface area (Å²) in [5.74, 6) is 0. The highest BCUT2D eigenvalue weighted by Gasteiger charge is 2.01. The molecule has 0 atom stereocenters. The van der Waals surface area contributed by atoms with Crippen molar-refractivity contribution in [2.24, 2.45) is 0 Å². The van der Waals surface area contributed by atoms with Crippen LogP contribution < -0.4 is 0 Å². The first-order valence-electron chi connectivity index (χ1n) is 2.76. The van der Waals surface area contributed by atoms with Gasteiger partial charge in [0.25, 0.3) is 0 Å². The van der Waals surface area contributed by atoms with Crippen LogP contribution >= 0.6 is 0 Å². The van der Waals surface area contributed by atoms with Crippen LogP contribution in [0.4, 0.5) is 0 Å². The van der Waals surface area contributed by atoms with Gasteiger partial charge in [0.1, 0.15) is 0 Å². The van der Waals surface area contributed by atoms with E-state index in [4.69, 9.17) is 9.29 Å². The average molecular weight is 170 g/mol. The van der Waals surface area contributed by atoms with Crippen molar-refractivity contribution in [2.75, 3.05) is 19.8 Å². The molecule has 0 fully saturated rings. The molecule has 0 saturated heterocycles. The summed E-state index contributed by atoms with van der Waals surface area (Å²) in [4.78, 5) is 0. The second kappa shape index (κ2) is 4.62. The summed E-state index contributed by atoms with van der Waals surface area (Å²) in [6.45, 7) is 2.28. The van der Waals surface area contributed by atoms with Crippen molar-refractivity contribution < 1.29 is 21.9 Å². The predicted octanol–water partition coefficient (Wildman–Crippen LogP) is -0.158. The molecule has 0 heterocycles. The highest BCUT2D eigenvalue weighted by molar-refractivity contribution is 7.80. The van der Waals surface area contributed by atoms with E-state index in [1.807, 2.05) is 0 Å². The summed E-state index contributed by atoms with van der Waals surface area (Å²) in [5.41, 5.74) is 0. The van der Waals surface area contributed by atoms with Gasteiger partial charge in [0, 0.05) is 6.61 Å². The minimum Gasteiger partial charge on any atom is -0.379 e. The third-order valence-electron chi connectivity index (χ3n) is 0.664. The molecule has 0 radical (unpaired) electrons. The maximum Gasteiger partial charge on any atom is 0.397 e. The number of hydrogen-bond acceptors (Lipinski definition) is 4. The van der Waals surface area contributed by atoms with E-state index in [2.05, 4.69) is 4.18 Å². The summed E-state index contributed by atoms with van der Waals surface area (Å²) in [5, 5.41) is 0. The topological polar surface area (TPSA) is 72.8 Å². The van der Waals surface area contributed by atoms with Crippen LogP contribution in [0.5, 0.6) is 0 Å². The zero-order chi connectivity index (χ0) is 8.04. The lowest BCUT2D eigenvalue weighted by Gasteiger charge is -1.98. The van der Waals surface area contributed by atoms with Crippen LogP contribution in [0.1, 0.15) is 6.92 Å². The van der Waals surface area contributed by atoms with Crippen molar-refractivity contribution in [2.45, 2.75) is 6.92 Å². The van der Waals surface area contributed by atoms with Crippen LogP contribution in [0.2, 0.25) is 0 Å². The van der Waals surface area contributed by atoms with Crippen LogP contribution in [-0.4, -0.2) is 32.8 Å². The van der Waals surface area contributed by atoms with Crippen LogP contribution in [-0.2, 0) is 19.3 Å². The molecule has 0 aromatic rings. The van der Waals surface area contributed by atoms with E-state index in [9.17, 15) is 8.42 Å². The molecule has 0 aromatic carbocycles. The molecule has 0 aromatic heterocycles. The second-order valence-electron chi connectivity index (χ2n) is 1.45. The maximum atomic E-state index is 9.87. The van der Waals surface area contributed by atoms with E-state index in [-0.39, 0.29) is 13.2 Å². The molecule has 0 bridgehead atoms. The fraction of sp³-hybridized carbons (Fsp3) is 1.00. The van der Waals surface area contributed by atoms with Gasteiger partial charge in [-0.1, -0.05) is 0 Å². The van der Waals surface area contributed by atoms with Gasteiger partial charge in [-0.15, -0.1) is 0 Å². The zero-order valence-corrected chi connectivity index (χ0v) is 6.43. The summed E-state index contributed by atoms with van der Waals surface area (Å²) < 4.78 is 36.4. The van der Waals surface area contributed by atoms with Crippen molar-refractivity contribution in [1.82, 2.24) is 0 Å². The van der Waals surface area contributed by atoms with Crippen molar-refractivity contribution in [1.29, 1.82) is 0 Å². The first kappa shape index (κ1) is 9.83. The van der Waals surface area contributed by atoms with E-state index in [0.717, 1.165) is 0 Å². The van der Waals surface area contributed by atoms with E-state index in [0.29, 0.717) is 6.61 Å². The molecule has 5 nitrogen and oxygen atoms in total. The lowest BCUT2D eigenvalue weighted by molar-refractivity contribution is 0.107. The molecule has 0 unspecified atom stereocenters. The van der Waals surface area contributed by atoms with Gasteiger partial charge in [0.15, 0.2) is 0 Å². The van der Waals surface area contributed by atoms with Gasteiger partial charge in [-0.05, 0) is 6.92 Å². The Bertz CT molecular complexity index is 160. The minimum absolute atomic E-state index is 0.146. The van der Waals surface area contributed by atoms with E-state index in [1.54, 1.807) is 6.92 Å². The Morgan fingerprint density at radius 1 is 1.40 bits per heavy atom. The monoisotopic (exact) mass is 170 g/mol. The molecule has 0 aliphatic heterocycles. The first-order valence-corrected chi connectivity index (χ1v) is 4.12. The van der Waals surface area contributed by atoms with Gasteiger partial charge in [-0.3, -0.25) is 4.55 Å². The van der Waals surface area contributed by atoms with E-state index < -0.39 is 10.4 Å². The normalized spacial score (nSPS) is 11.8. The molecule has 10 heavy (non-hydrogen) atoms. The molecule has 0 spiro atoms. The van der Waals surface area contributed by atoms with Gasteiger partial charge in [-0.25, -0.2) is 4.18 Å². The Balaban J connectivity index is 3.21. The lowest BCUT2D eigenvalue weighted by Crippen LogP contribution is -2.09. The Morgan fingerprint density at radius 2 is 2.00 bits per heavy atom. The Hall–Kier alpha value is -0.170. The molecule has 0 amide bonds. The number of hydrogen-bond donors (Lipinski definition) is 1. The lowest BCUT2D eigenvalue weighted by atomic mass is 10.8. The van der Waals surface area contributed by atoms with Crippen LogP contribution in [0.3, 0.4) is 0 Å². The molecule has 1 N–H and O–H groups in total. The van der Waals surface area contributed by atoms with Gasteiger partial charge < -0.3 is 4.74 Å². The van der Waals surface area contributed by atoms with Crippen LogP contribution in [0.25, 0.3) is 0 Å². The van der Waals surface area contributed by atoms with Crippen molar-refractivity contribution in [3.63, 3.8) is 0 Å². The molecule has 0 aliphatic carbocycles. The quantitative estimate of drug-likeness (QED) is 0.458. The van der Waals surface area contributed by atoms with Gasteiger partial charge in [0.05, 0.1) is 13.2 Å². The standard InChI is InChI=1S/C4H10O5S/c1-2-8-3-4-9-10(5,6)7/h2-4H2,1H3,(H,5,6,7). The molecular weight excluding hydrogens is 160 g/mol. The largest absolute Gasteiger partial charge is 0.397 e. The summed E-state index contributed by atoms with van der Waals surface area (Å²) in [7, 11) is -4.28. The van der Waals surface area contributed by atoms with Crippen molar-refractivity contribution in [3.05, 3.63) is 0 Å². The highest BCUT2D eigenvalue weighted by Crippen LogP contribution is 1.85. The van der Waals surface area contributed by atoms with E-state index in [1.165, 1.54) is 0 Å². The fourth-order valence-corrected chi connectivity index (χ4v) is 0.621. The fourth-order valence-electron chi connectivity index (χ4n) is 0.343. The zero-order valence-electron chi connectivity index (χ0n) is 5.61. The Morgan fingerprint density at radius 3 is 2.40 bits per heavy atom. The third-order valence-corrected chi connectivity index (χ3v) is 1.13. The predicted molar refractivity (Wildman–Crippen MR) is 34.0 cm³/mol. The highest BCUT2D eigenvalue weighted by atomic mass is 32.3. The SMILES string of the molecule is CCOCCOS(=O)(=O)O. The maximum absolute atomic E-state index is 9.87. The number of ether oxygens (including phenoxy) is 1. The van der Waals surface area contributed by atoms with E-state index >= 15 is 0 Å². The molecule has 0 aliphatic rings. The van der Waals surface area contributed by atoms with Gasteiger partial charge in [0.2, 0.25) is 0 Å². The smallest absolute Gasteiger partial charge is 0.379 e. The van der Waals surface area contributed by atoms with Crippen LogP contribution in [0.15, 0.2) is 0 Å².